The molecule has 0 aliphatic heterocycles. The van der Waals surface area contributed by atoms with Gasteiger partial charge in [0.15, 0.2) is 0 Å². The quantitative estimate of drug-likeness (QED) is 0.341. The fourth-order valence-electron chi connectivity index (χ4n) is 1.98. The Hall–Kier alpha value is -1.03. The number of hydrogen-bond donors (Lipinski definition) is 0. The first-order chi connectivity index (χ1) is 6.31. The van der Waals surface area contributed by atoms with E-state index in [9.17, 15) is 4.79 Å². The zero-order valence-corrected chi connectivity index (χ0v) is 8.29. The molecule has 3 unspecified atom stereocenters. The Balaban J connectivity index is 0.000000184. The molecule has 0 aromatic rings. The molecule has 0 aromatic heterocycles. The molecule has 2 rings (SSSR count). The van der Waals surface area contributed by atoms with Crippen molar-refractivity contribution in [1.29, 1.82) is 0 Å². The van der Waals surface area contributed by atoms with Crippen LogP contribution in [-0.2, 0) is 4.79 Å². The van der Waals surface area contributed by atoms with Gasteiger partial charge >= 0.3 is 0 Å². The lowest BCUT2D eigenvalue weighted by Gasteiger charge is -2.08. The van der Waals surface area contributed by atoms with Gasteiger partial charge in [-0.15, -0.1) is 11.8 Å². The van der Waals surface area contributed by atoms with Crippen molar-refractivity contribution < 1.29 is 4.79 Å². The van der Waals surface area contributed by atoms with Crippen LogP contribution in [0, 0.1) is 29.6 Å². The largest absolute Gasteiger partial charge is 0.303 e. The molecule has 2 bridgehead atoms. The van der Waals surface area contributed by atoms with E-state index in [0.717, 1.165) is 18.6 Å². The summed E-state index contributed by atoms with van der Waals surface area (Å²) in [5.41, 5.74) is 0. The third kappa shape index (κ3) is 2.45. The molecule has 13 heavy (non-hydrogen) atoms. The number of rotatable bonds is 1. The molecule has 1 nitrogen and oxygen atoms in total. The van der Waals surface area contributed by atoms with Crippen LogP contribution in [0.5, 0.6) is 0 Å². The topological polar surface area (TPSA) is 17.1 Å². The van der Waals surface area contributed by atoms with Crippen molar-refractivity contribution in [3.05, 3.63) is 12.2 Å². The minimum atomic E-state index is 0.361. The van der Waals surface area contributed by atoms with E-state index in [1.54, 1.807) is 0 Å². The second-order valence-electron chi connectivity index (χ2n) is 3.58. The molecule has 3 atom stereocenters. The summed E-state index contributed by atoms with van der Waals surface area (Å²) in [6, 6.07) is 0. The summed E-state index contributed by atoms with van der Waals surface area (Å²) in [6.45, 7) is 3.64. The van der Waals surface area contributed by atoms with Crippen LogP contribution in [-0.4, -0.2) is 6.29 Å². The molecule has 0 aromatic carbocycles. The second kappa shape index (κ2) is 4.87. The zero-order chi connectivity index (χ0) is 9.68. The highest BCUT2D eigenvalue weighted by molar-refractivity contribution is 5.56. The molecule has 2 aliphatic carbocycles. The Morgan fingerprint density at radius 2 is 1.92 bits per heavy atom. The van der Waals surface area contributed by atoms with Gasteiger partial charge in [0.1, 0.15) is 6.29 Å². The Bertz CT molecular complexity index is 248. The molecule has 0 heterocycles. The first kappa shape index (κ1) is 10.1. The van der Waals surface area contributed by atoms with Crippen molar-refractivity contribution in [1.82, 2.24) is 0 Å². The standard InChI is InChI=1S/C8H10O.C4H6/c9-5-8-4-6-1-2-7(8)3-6;1-3-4-2/h1-2,5-8H,3-4H2;1-2H3. The highest BCUT2D eigenvalue weighted by atomic mass is 16.1. The number of fused-ring (bicyclic) bond motifs is 2. The first-order valence-corrected chi connectivity index (χ1v) is 4.79. The summed E-state index contributed by atoms with van der Waals surface area (Å²) in [5.74, 6) is 7.07. The summed E-state index contributed by atoms with van der Waals surface area (Å²) in [7, 11) is 0. The van der Waals surface area contributed by atoms with Crippen LogP contribution in [0.1, 0.15) is 26.7 Å². The van der Waals surface area contributed by atoms with Crippen molar-refractivity contribution >= 4 is 6.29 Å². The maximum absolute atomic E-state index is 10.4. The number of allylic oxidation sites excluding steroid dienone is 2. The van der Waals surface area contributed by atoms with Gasteiger partial charge in [0, 0.05) is 5.92 Å². The third-order valence-corrected chi connectivity index (χ3v) is 2.76. The molecule has 0 radical (unpaired) electrons. The van der Waals surface area contributed by atoms with Gasteiger partial charge in [0.25, 0.3) is 0 Å². The van der Waals surface area contributed by atoms with Crippen LogP contribution in [0.4, 0.5) is 0 Å². The molecule has 70 valence electrons. The van der Waals surface area contributed by atoms with Gasteiger partial charge in [0.2, 0.25) is 0 Å². The highest BCUT2D eigenvalue weighted by Gasteiger charge is 2.34. The van der Waals surface area contributed by atoms with E-state index in [-0.39, 0.29) is 0 Å². The number of carbonyl (C=O) groups excluding carboxylic acids is 1. The molecule has 2 aliphatic rings. The average molecular weight is 176 g/mol. The second-order valence-corrected chi connectivity index (χ2v) is 3.58. The molecular weight excluding hydrogens is 160 g/mol. The van der Waals surface area contributed by atoms with Gasteiger partial charge in [-0.05, 0) is 38.5 Å². The summed E-state index contributed by atoms with van der Waals surface area (Å²) in [6.07, 6.45) is 7.93. The van der Waals surface area contributed by atoms with Crippen LogP contribution in [0.25, 0.3) is 0 Å². The van der Waals surface area contributed by atoms with Gasteiger partial charge in [0.05, 0.1) is 0 Å². The van der Waals surface area contributed by atoms with Gasteiger partial charge < -0.3 is 4.79 Å². The molecule has 1 heteroatoms. The zero-order valence-electron chi connectivity index (χ0n) is 8.29. The number of aldehydes is 1. The minimum absolute atomic E-state index is 0.361. The van der Waals surface area contributed by atoms with Crippen molar-refractivity contribution in [2.75, 3.05) is 0 Å². The van der Waals surface area contributed by atoms with E-state index in [1.165, 1.54) is 6.42 Å². The van der Waals surface area contributed by atoms with E-state index >= 15 is 0 Å². The highest BCUT2D eigenvalue weighted by Crippen LogP contribution is 2.42. The molecule has 0 N–H and O–H groups in total. The molecule has 0 amide bonds. The Labute approximate surface area is 80.2 Å². The molecule has 0 saturated heterocycles. The van der Waals surface area contributed by atoms with Crippen LogP contribution in [0.15, 0.2) is 12.2 Å². The molecule has 1 saturated carbocycles. The minimum Gasteiger partial charge on any atom is -0.303 e. The van der Waals surface area contributed by atoms with Crippen LogP contribution in [0.2, 0.25) is 0 Å². The summed E-state index contributed by atoms with van der Waals surface area (Å²) >= 11 is 0. The fourth-order valence-corrected chi connectivity index (χ4v) is 1.98. The lowest BCUT2D eigenvalue weighted by atomic mass is 9.95. The monoisotopic (exact) mass is 176 g/mol. The third-order valence-electron chi connectivity index (χ3n) is 2.76. The number of carbonyl (C=O) groups is 1. The van der Waals surface area contributed by atoms with Crippen molar-refractivity contribution in [3.63, 3.8) is 0 Å². The van der Waals surface area contributed by atoms with E-state index in [2.05, 4.69) is 24.0 Å². The Morgan fingerprint density at radius 1 is 1.23 bits per heavy atom. The smallest absolute Gasteiger partial charge is 0.123 e. The Kier molecular flexibility index (Phi) is 3.76. The maximum atomic E-state index is 10.4. The van der Waals surface area contributed by atoms with Gasteiger partial charge in [-0.1, -0.05) is 12.2 Å². The van der Waals surface area contributed by atoms with E-state index < -0.39 is 0 Å². The van der Waals surface area contributed by atoms with Crippen LogP contribution < -0.4 is 0 Å². The Morgan fingerprint density at radius 3 is 2.15 bits per heavy atom. The predicted molar refractivity (Wildman–Crippen MR) is 54.0 cm³/mol. The van der Waals surface area contributed by atoms with Crippen molar-refractivity contribution in [3.8, 4) is 11.8 Å². The van der Waals surface area contributed by atoms with E-state index in [4.69, 9.17) is 0 Å². The van der Waals surface area contributed by atoms with Crippen LogP contribution >= 0.6 is 0 Å². The summed E-state index contributed by atoms with van der Waals surface area (Å²) in [5, 5.41) is 0. The summed E-state index contributed by atoms with van der Waals surface area (Å²) in [4.78, 5) is 10.4. The lowest BCUT2D eigenvalue weighted by Crippen LogP contribution is -2.07. The van der Waals surface area contributed by atoms with Crippen LogP contribution in [0.3, 0.4) is 0 Å². The molecular formula is C12H16O. The van der Waals surface area contributed by atoms with E-state index in [1.807, 2.05) is 13.8 Å². The average Bonchev–Trinajstić information content (AvgIpc) is 2.79. The fraction of sp³-hybridized carbons (Fsp3) is 0.583. The number of hydrogen-bond acceptors (Lipinski definition) is 1. The van der Waals surface area contributed by atoms with E-state index in [0.29, 0.717) is 11.8 Å². The predicted octanol–water partition coefficient (Wildman–Crippen LogP) is 2.43. The molecule has 1 fully saturated rings. The van der Waals surface area contributed by atoms with Crippen molar-refractivity contribution in [2.24, 2.45) is 17.8 Å². The van der Waals surface area contributed by atoms with Gasteiger partial charge in [-0.2, -0.15) is 0 Å². The normalized spacial score (nSPS) is 32.9. The summed E-state index contributed by atoms with van der Waals surface area (Å²) < 4.78 is 0. The van der Waals surface area contributed by atoms with Gasteiger partial charge in [-0.3, -0.25) is 0 Å². The first-order valence-electron chi connectivity index (χ1n) is 4.79. The lowest BCUT2D eigenvalue weighted by molar-refractivity contribution is -0.111. The molecule has 0 spiro atoms. The maximum Gasteiger partial charge on any atom is 0.123 e. The SMILES string of the molecule is CC#CC.O=CC1CC2C=CC1C2. The van der Waals surface area contributed by atoms with Gasteiger partial charge in [-0.25, -0.2) is 0 Å². The van der Waals surface area contributed by atoms with Crippen molar-refractivity contribution in [2.45, 2.75) is 26.7 Å².